The summed E-state index contributed by atoms with van der Waals surface area (Å²) in [6.45, 7) is 4.32. The van der Waals surface area contributed by atoms with Crippen LogP contribution in [0.2, 0.25) is 0 Å². The molecule has 2 atom stereocenters. The average molecular weight is 533 g/mol. The van der Waals surface area contributed by atoms with Crippen LogP contribution < -0.4 is 0 Å². The molecule has 0 amide bonds. The fraction of sp³-hybridized carbons (Fsp3) is 0.967. The summed E-state index contributed by atoms with van der Waals surface area (Å²) >= 11 is 0. The van der Waals surface area contributed by atoms with E-state index >= 15 is 0 Å². The topological polar surface area (TPSA) is 105 Å². The first kappa shape index (κ1) is 36.3. The van der Waals surface area contributed by atoms with Gasteiger partial charge in [0.1, 0.15) is 12.7 Å². The number of aliphatic hydroxyl groups is 3. The summed E-state index contributed by atoms with van der Waals surface area (Å²) in [5.41, 5.74) is -0.881. The lowest BCUT2D eigenvalue weighted by atomic mass is 9.92. The number of unbranched alkanes of at least 4 members (excludes halogenated alkanes) is 15. The Labute approximate surface area is 227 Å². The van der Waals surface area contributed by atoms with Gasteiger partial charge in [0.25, 0.3) is 0 Å². The van der Waals surface area contributed by atoms with Gasteiger partial charge in [-0.05, 0) is 12.8 Å². The first-order valence-electron chi connectivity index (χ1n) is 15.2. The first-order valence-corrected chi connectivity index (χ1v) is 15.2. The number of carbonyl (C=O) groups is 1. The lowest BCUT2D eigenvalue weighted by molar-refractivity contribution is -0.155. The number of esters is 1. The van der Waals surface area contributed by atoms with E-state index in [4.69, 9.17) is 19.3 Å². The van der Waals surface area contributed by atoms with Crippen LogP contribution in [0.5, 0.6) is 0 Å². The number of hydrogen-bond acceptors (Lipinski definition) is 7. The molecule has 222 valence electrons. The van der Waals surface area contributed by atoms with Gasteiger partial charge in [0.05, 0.1) is 38.4 Å². The predicted octanol–water partition coefficient (Wildman–Crippen LogP) is 5.96. The van der Waals surface area contributed by atoms with Crippen LogP contribution in [0, 0.1) is 5.41 Å². The molecule has 0 bridgehead atoms. The van der Waals surface area contributed by atoms with Crippen LogP contribution in [0.3, 0.4) is 0 Å². The van der Waals surface area contributed by atoms with Crippen molar-refractivity contribution in [1.82, 2.24) is 0 Å². The second kappa shape index (κ2) is 26.9. The van der Waals surface area contributed by atoms with E-state index in [0.29, 0.717) is 19.4 Å². The van der Waals surface area contributed by atoms with Crippen molar-refractivity contribution >= 4 is 5.97 Å². The summed E-state index contributed by atoms with van der Waals surface area (Å²) in [6.07, 6.45) is 21.2. The molecule has 0 aromatic carbocycles. The second-order valence-corrected chi connectivity index (χ2v) is 10.8. The van der Waals surface area contributed by atoms with Crippen LogP contribution in [-0.2, 0) is 19.0 Å². The number of rotatable bonds is 29. The number of aliphatic hydroxyl groups excluding tert-OH is 3. The van der Waals surface area contributed by atoms with Crippen molar-refractivity contribution < 1.29 is 34.3 Å². The van der Waals surface area contributed by atoms with E-state index in [1.165, 1.54) is 89.9 Å². The molecule has 37 heavy (non-hydrogen) atoms. The van der Waals surface area contributed by atoms with Crippen molar-refractivity contribution in [1.29, 1.82) is 0 Å². The summed E-state index contributed by atoms with van der Waals surface area (Å²) in [6, 6.07) is 0. The Morgan fingerprint density at radius 1 is 0.676 bits per heavy atom. The standard InChI is InChI=1S/C30H60O7/c1-3-5-6-7-8-9-10-11-12-13-14-15-16-17-18-19-21-35-25-30(24-32,26-36-23-28(33)22-31)27-37-29(34)20-4-2/h28,31-33H,3-27H2,1-2H3. The quantitative estimate of drug-likeness (QED) is 0.0806. The molecular weight excluding hydrogens is 472 g/mol. The smallest absolute Gasteiger partial charge is 0.305 e. The van der Waals surface area contributed by atoms with Crippen LogP contribution in [0.4, 0.5) is 0 Å². The second-order valence-electron chi connectivity index (χ2n) is 10.8. The zero-order chi connectivity index (χ0) is 27.5. The lowest BCUT2D eigenvalue weighted by Crippen LogP contribution is -2.42. The SMILES string of the molecule is CCCCCCCCCCCCCCCCCCOCC(CO)(COCC(O)CO)COC(=O)CCC. The van der Waals surface area contributed by atoms with Gasteiger partial charge in [-0.15, -0.1) is 0 Å². The van der Waals surface area contributed by atoms with Crippen LogP contribution >= 0.6 is 0 Å². The molecular formula is C30H60O7. The average Bonchev–Trinajstić information content (AvgIpc) is 2.90. The van der Waals surface area contributed by atoms with Gasteiger partial charge in [-0.3, -0.25) is 4.79 Å². The summed E-state index contributed by atoms with van der Waals surface area (Å²) in [7, 11) is 0. The molecule has 0 fully saturated rings. The lowest BCUT2D eigenvalue weighted by Gasteiger charge is -2.31. The van der Waals surface area contributed by atoms with E-state index in [0.717, 1.165) is 12.8 Å². The van der Waals surface area contributed by atoms with Crippen LogP contribution in [-0.4, -0.2) is 73.6 Å². The van der Waals surface area contributed by atoms with E-state index < -0.39 is 18.1 Å². The van der Waals surface area contributed by atoms with Gasteiger partial charge in [0.15, 0.2) is 0 Å². The molecule has 0 aliphatic heterocycles. The molecule has 0 saturated carbocycles. The molecule has 0 aliphatic carbocycles. The van der Waals surface area contributed by atoms with E-state index in [1.54, 1.807) is 0 Å². The minimum absolute atomic E-state index is 0.00346. The number of hydrogen-bond donors (Lipinski definition) is 3. The molecule has 7 heteroatoms. The zero-order valence-electron chi connectivity index (χ0n) is 24.2. The summed E-state index contributed by atoms with van der Waals surface area (Å²) in [4.78, 5) is 11.8. The maximum atomic E-state index is 11.8. The van der Waals surface area contributed by atoms with Gasteiger partial charge in [-0.1, -0.05) is 110 Å². The van der Waals surface area contributed by atoms with E-state index in [9.17, 15) is 15.0 Å². The maximum Gasteiger partial charge on any atom is 0.305 e. The summed E-state index contributed by atoms with van der Waals surface area (Å²) in [5.74, 6) is -0.312. The molecule has 0 saturated heterocycles. The summed E-state index contributed by atoms with van der Waals surface area (Å²) in [5, 5.41) is 28.5. The monoisotopic (exact) mass is 532 g/mol. The van der Waals surface area contributed by atoms with Crippen molar-refractivity contribution in [2.24, 2.45) is 5.41 Å². The molecule has 7 nitrogen and oxygen atoms in total. The Kier molecular flexibility index (Phi) is 26.3. The summed E-state index contributed by atoms with van der Waals surface area (Å²) < 4.78 is 16.7. The molecule has 0 spiro atoms. The van der Waals surface area contributed by atoms with Gasteiger partial charge >= 0.3 is 5.97 Å². The van der Waals surface area contributed by atoms with Crippen LogP contribution in [0.15, 0.2) is 0 Å². The largest absolute Gasteiger partial charge is 0.465 e. The van der Waals surface area contributed by atoms with Crippen molar-refractivity contribution in [2.45, 2.75) is 136 Å². The third-order valence-electron chi connectivity index (χ3n) is 6.81. The normalized spacial score (nSPS) is 14.0. The highest BCUT2D eigenvalue weighted by Crippen LogP contribution is 2.20. The molecule has 2 unspecified atom stereocenters. The van der Waals surface area contributed by atoms with E-state index in [-0.39, 0.29) is 39.0 Å². The third kappa shape index (κ3) is 22.9. The first-order chi connectivity index (χ1) is 18.0. The Morgan fingerprint density at radius 3 is 1.62 bits per heavy atom. The minimum Gasteiger partial charge on any atom is -0.465 e. The maximum absolute atomic E-state index is 11.8. The minimum atomic E-state index is -0.981. The van der Waals surface area contributed by atoms with Gasteiger partial charge < -0.3 is 29.5 Å². The molecule has 0 aromatic rings. The predicted molar refractivity (Wildman–Crippen MR) is 150 cm³/mol. The van der Waals surface area contributed by atoms with Gasteiger partial charge in [-0.25, -0.2) is 0 Å². The molecule has 0 heterocycles. The highest BCUT2D eigenvalue weighted by molar-refractivity contribution is 5.69. The molecule has 0 radical (unpaired) electrons. The Bertz CT molecular complexity index is 489. The van der Waals surface area contributed by atoms with E-state index in [1.807, 2.05) is 6.92 Å². The molecule has 0 aliphatic rings. The van der Waals surface area contributed by atoms with E-state index in [2.05, 4.69) is 6.92 Å². The Hall–Kier alpha value is -0.730. The highest BCUT2D eigenvalue weighted by atomic mass is 16.5. The fourth-order valence-corrected chi connectivity index (χ4v) is 4.28. The fourth-order valence-electron chi connectivity index (χ4n) is 4.28. The van der Waals surface area contributed by atoms with Crippen molar-refractivity contribution in [2.75, 3.05) is 46.2 Å². The van der Waals surface area contributed by atoms with Crippen LogP contribution in [0.25, 0.3) is 0 Å². The Balaban J connectivity index is 3.88. The van der Waals surface area contributed by atoms with Crippen molar-refractivity contribution in [3.63, 3.8) is 0 Å². The van der Waals surface area contributed by atoms with Gasteiger partial charge in [0.2, 0.25) is 0 Å². The van der Waals surface area contributed by atoms with Gasteiger partial charge in [0, 0.05) is 13.0 Å². The zero-order valence-corrected chi connectivity index (χ0v) is 24.2. The molecule has 3 N–H and O–H groups in total. The van der Waals surface area contributed by atoms with Crippen molar-refractivity contribution in [3.8, 4) is 0 Å². The van der Waals surface area contributed by atoms with Crippen LogP contribution in [0.1, 0.15) is 129 Å². The molecule has 0 aromatic heterocycles. The molecule has 0 rings (SSSR count). The Morgan fingerprint density at radius 2 is 1.16 bits per heavy atom. The third-order valence-corrected chi connectivity index (χ3v) is 6.81. The number of carbonyl (C=O) groups excluding carboxylic acids is 1. The van der Waals surface area contributed by atoms with Gasteiger partial charge in [-0.2, -0.15) is 0 Å². The highest BCUT2D eigenvalue weighted by Gasteiger charge is 2.33. The van der Waals surface area contributed by atoms with Crippen molar-refractivity contribution in [3.05, 3.63) is 0 Å². The number of ether oxygens (including phenoxy) is 3.